The number of aryl methyl sites for hydroxylation is 1. The minimum absolute atomic E-state index is 0.264. The molecule has 2 unspecified atom stereocenters. The first-order valence-corrected chi connectivity index (χ1v) is 7.66. The maximum Gasteiger partial charge on any atom is 0.0980 e. The number of hydrogen-bond donors (Lipinski definition) is 0. The average molecular weight is 293 g/mol. The molecule has 0 bridgehead atoms. The minimum atomic E-state index is -1.11. The first-order chi connectivity index (χ1) is 10.6. The van der Waals surface area contributed by atoms with Gasteiger partial charge in [0.05, 0.1) is 12.1 Å². The van der Waals surface area contributed by atoms with Crippen LogP contribution in [0.5, 0.6) is 0 Å². The summed E-state index contributed by atoms with van der Waals surface area (Å²) in [6.07, 6.45) is 0.419. The van der Waals surface area contributed by atoms with E-state index in [2.05, 4.69) is 37.3 Å². The molecular weight excluding hydrogens is 276 g/mol. The van der Waals surface area contributed by atoms with E-state index in [0.717, 1.165) is 6.42 Å². The molecule has 112 valence electrons. The molecular formula is C19H17O3-. The highest BCUT2D eigenvalue weighted by Gasteiger charge is 2.47. The summed E-state index contributed by atoms with van der Waals surface area (Å²) in [4.78, 5) is 11.4. The fraction of sp³-hybridized carbons (Fsp3) is 0.316. The van der Waals surface area contributed by atoms with E-state index in [4.69, 9.17) is 4.74 Å². The number of fused-ring (bicyclic) bond motifs is 5. The predicted molar refractivity (Wildman–Crippen MR) is 81.4 cm³/mol. The van der Waals surface area contributed by atoms with Crippen molar-refractivity contribution in [2.24, 2.45) is 0 Å². The molecule has 1 saturated heterocycles. The van der Waals surface area contributed by atoms with Crippen LogP contribution in [0.25, 0.3) is 11.1 Å². The number of ether oxygens (including phenoxy) is 1. The summed E-state index contributed by atoms with van der Waals surface area (Å²) in [6, 6.07) is 14.7. The SMILES string of the molecule is Cc1cccc2c1C1(CCOC(C(=O)[O-])C1)c1ccccc1-2. The second-order valence-electron chi connectivity index (χ2n) is 6.26. The smallest absolute Gasteiger partial charge is 0.0980 e. The van der Waals surface area contributed by atoms with Crippen LogP contribution in [0.3, 0.4) is 0 Å². The van der Waals surface area contributed by atoms with Gasteiger partial charge in [0.2, 0.25) is 0 Å². The molecule has 4 rings (SSSR count). The van der Waals surface area contributed by atoms with Gasteiger partial charge in [-0.1, -0.05) is 42.5 Å². The quantitative estimate of drug-likeness (QED) is 0.810. The van der Waals surface area contributed by atoms with E-state index in [1.807, 2.05) is 12.1 Å². The van der Waals surface area contributed by atoms with Gasteiger partial charge in [0.1, 0.15) is 0 Å². The van der Waals surface area contributed by atoms with Gasteiger partial charge in [-0.25, -0.2) is 0 Å². The number of carboxylic acid groups (broad SMARTS) is 1. The van der Waals surface area contributed by atoms with Crippen LogP contribution in [0, 0.1) is 6.92 Å². The van der Waals surface area contributed by atoms with Crippen molar-refractivity contribution in [3.63, 3.8) is 0 Å². The van der Waals surface area contributed by atoms with Gasteiger partial charge in [0.15, 0.2) is 0 Å². The molecule has 0 radical (unpaired) electrons. The summed E-state index contributed by atoms with van der Waals surface area (Å²) in [6.45, 7) is 2.55. The average Bonchev–Trinajstić information content (AvgIpc) is 2.80. The van der Waals surface area contributed by atoms with E-state index < -0.39 is 12.1 Å². The number of carbonyl (C=O) groups excluding carboxylic acids is 1. The number of carboxylic acids is 1. The molecule has 22 heavy (non-hydrogen) atoms. The Kier molecular flexibility index (Phi) is 2.88. The van der Waals surface area contributed by atoms with Crippen LogP contribution in [-0.2, 0) is 14.9 Å². The summed E-state index contributed by atoms with van der Waals surface area (Å²) in [5, 5.41) is 11.4. The molecule has 2 aromatic carbocycles. The molecule has 1 spiro atoms. The molecule has 0 saturated carbocycles. The Hall–Kier alpha value is -2.13. The van der Waals surface area contributed by atoms with Crippen molar-refractivity contribution in [1.82, 2.24) is 0 Å². The first-order valence-electron chi connectivity index (χ1n) is 7.66. The largest absolute Gasteiger partial charge is 0.547 e. The highest BCUT2D eigenvalue weighted by atomic mass is 16.5. The minimum Gasteiger partial charge on any atom is -0.547 e. The number of benzene rings is 2. The number of hydrogen-bond acceptors (Lipinski definition) is 3. The molecule has 1 aliphatic heterocycles. The Morgan fingerprint density at radius 2 is 1.95 bits per heavy atom. The molecule has 0 amide bonds. The highest BCUT2D eigenvalue weighted by Crippen LogP contribution is 2.55. The molecule has 3 heteroatoms. The number of rotatable bonds is 1. The zero-order chi connectivity index (χ0) is 15.3. The predicted octanol–water partition coefficient (Wildman–Crippen LogP) is 2.19. The Balaban J connectivity index is 1.98. The summed E-state index contributed by atoms with van der Waals surface area (Å²) < 4.78 is 5.43. The molecule has 1 fully saturated rings. The van der Waals surface area contributed by atoms with E-state index in [1.165, 1.54) is 27.8 Å². The fourth-order valence-electron chi connectivity index (χ4n) is 4.27. The maximum atomic E-state index is 11.4. The van der Waals surface area contributed by atoms with E-state index in [0.29, 0.717) is 13.0 Å². The summed E-state index contributed by atoms with van der Waals surface area (Å²) >= 11 is 0. The topological polar surface area (TPSA) is 49.4 Å². The van der Waals surface area contributed by atoms with Gasteiger partial charge in [-0.15, -0.1) is 0 Å². The monoisotopic (exact) mass is 293 g/mol. The van der Waals surface area contributed by atoms with Crippen molar-refractivity contribution in [3.05, 3.63) is 59.2 Å². The van der Waals surface area contributed by atoms with Crippen LogP contribution in [0.2, 0.25) is 0 Å². The van der Waals surface area contributed by atoms with Crippen LogP contribution in [0.15, 0.2) is 42.5 Å². The third-order valence-electron chi connectivity index (χ3n) is 5.13. The zero-order valence-corrected chi connectivity index (χ0v) is 12.5. The molecule has 1 aliphatic carbocycles. The maximum absolute atomic E-state index is 11.4. The summed E-state index contributed by atoms with van der Waals surface area (Å²) in [5.74, 6) is -1.11. The van der Waals surface area contributed by atoms with Crippen molar-refractivity contribution in [1.29, 1.82) is 0 Å². The molecule has 0 N–H and O–H groups in total. The molecule has 3 nitrogen and oxygen atoms in total. The zero-order valence-electron chi connectivity index (χ0n) is 12.5. The van der Waals surface area contributed by atoms with Crippen LogP contribution >= 0.6 is 0 Å². The Bertz CT molecular complexity index is 765. The lowest BCUT2D eigenvalue weighted by Crippen LogP contribution is -2.47. The van der Waals surface area contributed by atoms with E-state index in [1.54, 1.807) is 0 Å². The second-order valence-corrected chi connectivity index (χ2v) is 6.26. The van der Waals surface area contributed by atoms with Crippen molar-refractivity contribution < 1.29 is 14.6 Å². The van der Waals surface area contributed by atoms with Gasteiger partial charge in [-0.3, -0.25) is 0 Å². The number of aliphatic carboxylic acids is 1. The standard InChI is InChI=1S/C19H18O3/c1-12-5-4-7-14-13-6-2-3-8-15(13)19(17(12)14)9-10-22-16(11-19)18(20)21/h2-8,16H,9-11H2,1H3,(H,20,21)/p-1. The molecule has 2 aromatic rings. The van der Waals surface area contributed by atoms with Crippen LogP contribution in [0.1, 0.15) is 29.5 Å². The van der Waals surface area contributed by atoms with Crippen LogP contribution < -0.4 is 5.11 Å². The summed E-state index contributed by atoms with van der Waals surface area (Å²) in [5.41, 5.74) is 5.90. The van der Waals surface area contributed by atoms with Gasteiger partial charge in [-0.2, -0.15) is 0 Å². The van der Waals surface area contributed by atoms with Gasteiger partial charge in [0.25, 0.3) is 0 Å². The Labute approximate surface area is 129 Å². The van der Waals surface area contributed by atoms with Crippen LogP contribution in [-0.4, -0.2) is 18.7 Å². The Morgan fingerprint density at radius 3 is 2.77 bits per heavy atom. The van der Waals surface area contributed by atoms with E-state index >= 15 is 0 Å². The van der Waals surface area contributed by atoms with Crippen molar-refractivity contribution >= 4 is 5.97 Å². The first kappa shape index (κ1) is 13.5. The third-order valence-corrected chi connectivity index (χ3v) is 5.13. The summed E-state index contributed by atoms with van der Waals surface area (Å²) in [7, 11) is 0. The van der Waals surface area contributed by atoms with Crippen molar-refractivity contribution in [3.8, 4) is 11.1 Å². The number of carbonyl (C=O) groups is 1. The lowest BCUT2D eigenvalue weighted by molar-refractivity contribution is -0.319. The Morgan fingerprint density at radius 1 is 1.18 bits per heavy atom. The van der Waals surface area contributed by atoms with Gasteiger partial charge in [0, 0.05) is 12.0 Å². The highest BCUT2D eigenvalue weighted by molar-refractivity contribution is 5.83. The van der Waals surface area contributed by atoms with E-state index in [9.17, 15) is 9.90 Å². The normalized spacial score (nSPS) is 25.8. The molecule has 0 aromatic heterocycles. The third kappa shape index (κ3) is 1.69. The van der Waals surface area contributed by atoms with E-state index in [-0.39, 0.29) is 5.41 Å². The lowest BCUT2D eigenvalue weighted by atomic mass is 9.69. The van der Waals surface area contributed by atoms with Crippen molar-refractivity contribution in [2.45, 2.75) is 31.3 Å². The van der Waals surface area contributed by atoms with Gasteiger partial charge < -0.3 is 14.6 Å². The van der Waals surface area contributed by atoms with Gasteiger partial charge in [-0.05, 0) is 47.6 Å². The second kappa shape index (κ2) is 4.68. The fourth-order valence-corrected chi connectivity index (χ4v) is 4.27. The molecule has 2 aliphatic rings. The lowest BCUT2D eigenvalue weighted by Gasteiger charge is -2.41. The molecule has 2 atom stereocenters. The van der Waals surface area contributed by atoms with Crippen molar-refractivity contribution in [2.75, 3.05) is 6.61 Å². The van der Waals surface area contributed by atoms with Crippen LogP contribution in [0.4, 0.5) is 0 Å². The van der Waals surface area contributed by atoms with Gasteiger partial charge >= 0.3 is 0 Å². The molecule has 1 heterocycles.